The van der Waals surface area contributed by atoms with E-state index in [0.717, 1.165) is 17.8 Å². The summed E-state index contributed by atoms with van der Waals surface area (Å²) in [7, 11) is 0. The molecular formula is C16H19N5O2. The number of hydrogen-bond acceptors (Lipinski definition) is 4. The number of nitrogens with one attached hydrogen (secondary N) is 2. The van der Waals surface area contributed by atoms with Gasteiger partial charge in [-0.2, -0.15) is 5.10 Å². The number of nitrogens with zero attached hydrogens (tertiary/aromatic N) is 3. The number of amides is 3. The molecule has 7 heteroatoms. The highest BCUT2D eigenvalue weighted by Crippen LogP contribution is 2.15. The molecule has 0 radical (unpaired) electrons. The van der Waals surface area contributed by atoms with Crippen LogP contribution in [0, 0.1) is 0 Å². The van der Waals surface area contributed by atoms with Crippen LogP contribution in [0.1, 0.15) is 12.5 Å². The Hall–Kier alpha value is -2.83. The van der Waals surface area contributed by atoms with E-state index in [1.54, 1.807) is 6.20 Å². The molecule has 1 aliphatic rings. The number of benzene rings is 1. The Kier molecular flexibility index (Phi) is 4.27. The Morgan fingerprint density at radius 3 is 2.91 bits per heavy atom. The van der Waals surface area contributed by atoms with Crippen molar-refractivity contribution >= 4 is 17.6 Å². The van der Waals surface area contributed by atoms with Crippen molar-refractivity contribution in [1.29, 1.82) is 0 Å². The van der Waals surface area contributed by atoms with E-state index in [2.05, 4.69) is 22.7 Å². The van der Waals surface area contributed by atoms with Crippen molar-refractivity contribution < 1.29 is 9.59 Å². The molecule has 0 spiro atoms. The summed E-state index contributed by atoms with van der Waals surface area (Å²) in [6.07, 6.45) is 3.68. The van der Waals surface area contributed by atoms with E-state index in [1.165, 1.54) is 4.90 Å². The van der Waals surface area contributed by atoms with E-state index in [4.69, 9.17) is 0 Å². The summed E-state index contributed by atoms with van der Waals surface area (Å²) < 4.78 is 1.87. The third kappa shape index (κ3) is 3.68. The van der Waals surface area contributed by atoms with Gasteiger partial charge in [0.05, 0.1) is 19.6 Å². The van der Waals surface area contributed by atoms with Gasteiger partial charge in [0, 0.05) is 24.1 Å². The third-order valence-corrected chi connectivity index (χ3v) is 3.64. The van der Waals surface area contributed by atoms with Crippen LogP contribution < -0.4 is 10.6 Å². The van der Waals surface area contributed by atoms with E-state index in [9.17, 15) is 9.59 Å². The molecule has 0 aliphatic carbocycles. The predicted molar refractivity (Wildman–Crippen MR) is 85.7 cm³/mol. The Morgan fingerprint density at radius 2 is 2.22 bits per heavy atom. The van der Waals surface area contributed by atoms with Crippen LogP contribution >= 0.6 is 0 Å². The molecule has 120 valence electrons. The van der Waals surface area contributed by atoms with Crippen LogP contribution in [0.5, 0.6) is 0 Å². The molecule has 23 heavy (non-hydrogen) atoms. The molecule has 1 aromatic carbocycles. The van der Waals surface area contributed by atoms with E-state index >= 15 is 0 Å². The molecule has 1 aromatic heterocycles. The van der Waals surface area contributed by atoms with Crippen molar-refractivity contribution in [1.82, 2.24) is 20.0 Å². The predicted octanol–water partition coefficient (Wildman–Crippen LogP) is 1.44. The van der Waals surface area contributed by atoms with Crippen LogP contribution in [0.4, 0.5) is 10.5 Å². The second kappa shape index (κ2) is 6.51. The lowest BCUT2D eigenvalue weighted by molar-refractivity contribution is -0.125. The van der Waals surface area contributed by atoms with Crippen molar-refractivity contribution in [2.75, 3.05) is 11.9 Å². The molecular weight excluding hydrogens is 294 g/mol. The molecule has 0 bridgehead atoms. The van der Waals surface area contributed by atoms with Crippen molar-refractivity contribution in [2.45, 2.75) is 26.1 Å². The molecule has 2 N–H and O–H groups in total. The second-order valence-corrected chi connectivity index (χ2v) is 5.61. The van der Waals surface area contributed by atoms with Gasteiger partial charge in [0.1, 0.15) is 0 Å². The first kappa shape index (κ1) is 15.1. The van der Waals surface area contributed by atoms with Crippen molar-refractivity contribution in [3.8, 4) is 0 Å². The zero-order chi connectivity index (χ0) is 16.2. The molecule has 1 atom stereocenters. The molecule has 3 amide bonds. The Morgan fingerprint density at radius 1 is 1.35 bits per heavy atom. The van der Waals surface area contributed by atoms with Crippen LogP contribution in [0.2, 0.25) is 0 Å². The van der Waals surface area contributed by atoms with Gasteiger partial charge < -0.3 is 10.6 Å². The van der Waals surface area contributed by atoms with Gasteiger partial charge in [0.25, 0.3) is 0 Å². The zero-order valence-electron chi connectivity index (χ0n) is 12.9. The second-order valence-electron chi connectivity index (χ2n) is 5.61. The Bertz CT molecular complexity index is 682. The van der Waals surface area contributed by atoms with Crippen LogP contribution in [0.25, 0.3) is 0 Å². The number of urea groups is 1. The molecule has 1 aliphatic heterocycles. The molecule has 2 aromatic rings. The first-order chi connectivity index (χ1) is 11.1. The number of carbonyl (C=O) groups is 2. The van der Waals surface area contributed by atoms with Gasteiger partial charge in [-0.15, -0.1) is 0 Å². The van der Waals surface area contributed by atoms with Crippen molar-refractivity contribution in [3.05, 3.63) is 48.3 Å². The SMILES string of the molecule is CC(Cn1cccn1)Nc1cccc(CN2C(=O)CNC2=O)c1. The molecule has 2 heterocycles. The summed E-state index contributed by atoms with van der Waals surface area (Å²) in [6.45, 7) is 3.20. The van der Waals surface area contributed by atoms with Crippen LogP contribution in [0.15, 0.2) is 42.7 Å². The molecule has 1 saturated heterocycles. The van der Waals surface area contributed by atoms with Crippen LogP contribution in [-0.4, -0.2) is 39.2 Å². The minimum Gasteiger partial charge on any atom is -0.381 e. The minimum absolute atomic E-state index is 0.0810. The molecule has 0 saturated carbocycles. The van der Waals surface area contributed by atoms with Gasteiger partial charge in [-0.05, 0) is 30.7 Å². The lowest BCUT2D eigenvalue weighted by Gasteiger charge is -2.17. The summed E-state index contributed by atoms with van der Waals surface area (Å²) >= 11 is 0. The number of aromatic nitrogens is 2. The number of imide groups is 1. The summed E-state index contributed by atoms with van der Waals surface area (Å²) in [5, 5.41) is 10.1. The highest BCUT2D eigenvalue weighted by Gasteiger charge is 2.28. The van der Waals surface area contributed by atoms with Gasteiger partial charge in [-0.3, -0.25) is 14.4 Å². The summed E-state index contributed by atoms with van der Waals surface area (Å²) in [5.41, 5.74) is 1.86. The first-order valence-electron chi connectivity index (χ1n) is 7.53. The maximum absolute atomic E-state index is 11.6. The van der Waals surface area contributed by atoms with Gasteiger partial charge >= 0.3 is 6.03 Å². The third-order valence-electron chi connectivity index (χ3n) is 3.64. The zero-order valence-corrected chi connectivity index (χ0v) is 12.9. The van der Waals surface area contributed by atoms with Gasteiger partial charge in [0.15, 0.2) is 0 Å². The highest BCUT2D eigenvalue weighted by molar-refractivity contribution is 6.01. The summed E-state index contributed by atoms with van der Waals surface area (Å²) in [4.78, 5) is 24.5. The normalized spacial score (nSPS) is 15.6. The van der Waals surface area contributed by atoms with E-state index in [0.29, 0.717) is 0 Å². The average Bonchev–Trinajstić information content (AvgIpc) is 3.13. The summed E-state index contributed by atoms with van der Waals surface area (Å²) in [5.74, 6) is -0.194. The van der Waals surface area contributed by atoms with Gasteiger partial charge in [0.2, 0.25) is 5.91 Å². The highest BCUT2D eigenvalue weighted by atomic mass is 16.2. The standard InChI is InChI=1S/C16H19N5O2/c1-12(10-20-7-3-6-18-20)19-14-5-2-4-13(8-14)11-21-15(22)9-17-16(21)23/h2-8,12,19H,9-11H2,1H3,(H,17,23). The van der Waals surface area contributed by atoms with Gasteiger partial charge in [-0.1, -0.05) is 12.1 Å². The number of rotatable bonds is 6. The quantitative estimate of drug-likeness (QED) is 0.791. The fraction of sp³-hybridized carbons (Fsp3) is 0.312. The smallest absolute Gasteiger partial charge is 0.324 e. The number of carbonyl (C=O) groups excluding carboxylic acids is 2. The largest absolute Gasteiger partial charge is 0.381 e. The average molecular weight is 313 g/mol. The van der Waals surface area contributed by atoms with E-state index in [1.807, 2.05) is 41.2 Å². The number of hydrogen-bond donors (Lipinski definition) is 2. The first-order valence-corrected chi connectivity index (χ1v) is 7.53. The van der Waals surface area contributed by atoms with E-state index < -0.39 is 0 Å². The lowest BCUT2D eigenvalue weighted by Crippen LogP contribution is -2.30. The number of anilines is 1. The maximum Gasteiger partial charge on any atom is 0.324 e. The molecule has 3 rings (SSSR count). The fourth-order valence-electron chi connectivity index (χ4n) is 2.58. The van der Waals surface area contributed by atoms with Crippen LogP contribution in [-0.2, 0) is 17.9 Å². The Labute approximate surface area is 134 Å². The van der Waals surface area contributed by atoms with E-state index in [-0.39, 0.29) is 31.1 Å². The van der Waals surface area contributed by atoms with Gasteiger partial charge in [-0.25, -0.2) is 4.79 Å². The lowest BCUT2D eigenvalue weighted by atomic mass is 10.1. The molecule has 1 unspecified atom stereocenters. The maximum atomic E-state index is 11.6. The molecule has 7 nitrogen and oxygen atoms in total. The van der Waals surface area contributed by atoms with Crippen LogP contribution in [0.3, 0.4) is 0 Å². The van der Waals surface area contributed by atoms with Crippen molar-refractivity contribution in [3.63, 3.8) is 0 Å². The summed E-state index contributed by atoms with van der Waals surface area (Å²) in [6, 6.07) is 9.50. The molecule has 1 fully saturated rings. The fourth-order valence-corrected chi connectivity index (χ4v) is 2.58. The Balaban J connectivity index is 1.63. The van der Waals surface area contributed by atoms with Crippen molar-refractivity contribution in [2.24, 2.45) is 0 Å². The monoisotopic (exact) mass is 313 g/mol. The topological polar surface area (TPSA) is 79.3 Å². The minimum atomic E-state index is -0.333.